The summed E-state index contributed by atoms with van der Waals surface area (Å²) in [5.41, 5.74) is 18.5. The van der Waals surface area contributed by atoms with Crippen LogP contribution >= 0.6 is 0 Å². The lowest BCUT2D eigenvalue weighted by Gasteiger charge is -2.31. The Bertz CT molecular complexity index is 2000. The number of unbranched alkanes of at least 4 members (excludes halogenated alkanes) is 1. The van der Waals surface area contributed by atoms with Gasteiger partial charge in [0.25, 0.3) is 0 Å². The normalized spacial score (nSPS) is 16.6. The Hall–Kier alpha value is -6.65. The average molecular weight is 925 g/mol. The van der Waals surface area contributed by atoms with E-state index >= 15 is 0 Å². The van der Waals surface area contributed by atoms with Crippen molar-refractivity contribution in [3.63, 3.8) is 0 Å². The lowest BCUT2D eigenvalue weighted by atomic mass is 10.0. The molecular formula is C44H64N10O12. The van der Waals surface area contributed by atoms with E-state index in [9.17, 15) is 58.5 Å². The largest absolute Gasteiger partial charge is 0.508 e. The third-order valence-corrected chi connectivity index (χ3v) is 10.8. The van der Waals surface area contributed by atoms with Crippen LogP contribution in [-0.2, 0) is 56.0 Å². The fourth-order valence-corrected chi connectivity index (χ4v) is 7.21. The first-order valence-electron chi connectivity index (χ1n) is 21.8. The number of carboxylic acid groups (broad SMARTS) is 1. The van der Waals surface area contributed by atoms with Gasteiger partial charge < -0.3 is 69.3 Å². The Kier molecular flexibility index (Phi) is 21.4. The highest BCUT2D eigenvalue weighted by Crippen LogP contribution is 2.21. The number of hydrogen-bond acceptors (Lipinski definition) is 13. The van der Waals surface area contributed by atoms with Gasteiger partial charge in [-0.15, -0.1) is 0 Å². The van der Waals surface area contributed by atoms with Crippen LogP contribution in [0.4, 0.5) is 0 Å². The molecule has 0 saturated carbocycles. The Balaban J connectivity index is 1.76. The number of aliphatic hydroxyl groups excluding tert-OH is 1. The molecule has 8 amide bonds. The van der Waals surface area contributed by atoms with E-state index in [0.29, 0.717) is 24.8 Å². The summed E-state index contributed by atoms with van der Waals surface area (Å²) >= 11 is 0. The van der Waals surface area contributed by atoms with Crippen molar-refractivity contribution in [3.05, 3.63) is 65.7 Å². The van der Waals surface area contributed by atoms with Crippen LogP contribution < -0.4 is 49.1 Å². The van der Waals surface area contributed by atoms with Gasteiger partial charge in [-0.1, -0.05) is 56.3 Å². The molecule has 0 unspecified atom stereocenters. The minimum atomic E-state index is -1.73. The van der Waals surface area contributed by atoms with Gasteiger partial charge in [0, 0.05) is 13.0 Å². The number of nitrogens with one attached hydrogen (secondary N) is 6. The third-order valence-electron chi connectivity index (χ3n) is 10.8. The van der Waals surface area contributed by atoms with Crippen molar-refractivity contribution in [2.45, 2.75) is 121 Å². The minimum Gasteiger partial charge on any atom is -0.508 e. The number of nitrogens with zero attached hydrogens (tertiary/aromatic N) is 1. The zero-order valence-corrected chi connectivity index (χ0v) is 37.4. The van der Waals surface area contributed by atoms with Crippen LogP contribution in [0.5, 0.6) is 5.75 Å². The van der Waals surface area contributed by atoms with Crippen molar-refractivity contribution in [3.8, 4) is 5.75 Å². The molecule has 0 spiro atoms. The number of aliphatic hydroxyl groups is 1. The second-order valence-corrected chi connectivity index (χ2v) is 16.6. The SMILES string of the molecule is CC(C)[C@H](NC(=O)CNC(=O)[C@@H](N)Cc1ccccc1)C(=O)N[C@@H](CC(N)=O)C(=O)N1CCC[C@H]1C(=O)N[C@@H](CCCCN)C(=O)N[C@@H](Cc1ccc(O)cc1)C(=O)N[C@H](C(=O)O)[C@@H](C)O. The quantitative estimate of drug-likeness (QED) is 0.0423. The van der Waals surface area contributed by atoms with E-state index in [-0.39, 0.29) is 44.5 Å². The van der Waals surface area contributed by atoms with Gasteiger partial charge in [-0.3, -0.25) is 38.4 Å². The number of phenols is 1. The lowest BCUT2D eigenvalue weighted by molar-refractivity contribution is -0.145. The number of aliphatic carboxylic acids is 1. The van der Waals surface area contributed by atoms with Crippen molar-refractivity contribution in [1.29, 1.82) is 0 Å². The minimum absolute atomic E-state index is 0.0193. The number of carbonyl (C=O) groups is 9. The topological polar surface area (TPSA) is 368 Å². The highest BCUT2D eigenvalue weighted by Gasteiger charge is 2.41. The molecule has 22 heteroatoms. The maximum Gasteiger partial charge on any atom is 0.328 e. The van der Waals surface area contributed by atoms with Crippen LogP contribution in [0.3, 0.4) is 0 Å². The summed E-state index contributed by atoms with van der Waals surface area (Å²) in [7, 11) is 0. The van der Waals surface area contributed by atoms with Crippen LogP contribution in [0.25, 0.3) is 0 Å². The van der Waals surface area contributed by atoms with E-state index in [2.05, 4.69) is 31.9 Å². The Labute approximate surface area is 382 Å². The highest BCUT2D eigenvalue weighted by molar-refractivity contribution is 5.98. The molecule has 3 rings (SSSR count). The summed E-state index contributed by atoms with van der Waals surface area (Å²) in [5.74, 6) is -8.70. The molecule has 22 nitrogen and oxygen atoms in total. The molecule has 1 heterocycles. The van der Waals surface area contributed by atoms with Crippen LogP contribution in [0.2, 0.25) is 0 Å². The molecule has 0 bridgehead atoms. The smallest absolute Gasteiger partial charge is 0.328 e. The van der Waals surface area contributed by atoms with E-state index < -0.39 is 121 Å². The molecule has 1 fully saturated rings. The summed E-state index contributed by atoms with van der Waals surface area (Å²) in [4.78, 5) is 120. The first kappa shape index (κ1) is 53.7. The maximum absolute atomic E-state index is 14.1. The van der Waals surface area contributed by atoms with E-state index in [0.717, 1.165) is 17.4 Å². The fraction of sp³-hybridized carbons (Fsp3) is 0.523. The number of rotatable bonds is 26. The first-order valence-corrected chi connectivity index (χ1v) is 21.8. The van der Waals surface area contributed by atoms with Crippen molar-refractivity contribution in [1.82, 2.24) is 36.8 Å². The molecule has 15 N–H and O–H groups in total. The number of primary amides is 1. The maximum atomic E-state index is 14.1. The zero-order valence-electron chi connectivity index (χ0n) is 37.4. The Morgan fingerprint density at radius 3 is 1.95 bits per heavy atom. The van der Waals surface area contributed by atoms with Gasteiger partial charge in [-0.2, -0.15) is 0 Å². The van der Waals surface area contributed by atoms with Crippen molar-refractivity contribution in [2.24, 2.45) is 23.1 Å². The number of aromatic hydroxyl groups is 1. The number of carboxylic acids is 1. The first-order chi connectivity index (χ1) is 31.2. The van der Waals surface area contributed by atoms with Crippen molar-refractivity contribution < 1.29 is 58.5 Å². The summed E-state index contributed by atoms with van der Waals surface area (Å²) in [6, 6.07) is 5.27. The molecule has 0 aromatic heterocycles. The highest BCUT2D eigenvalue weighted by atomic mass is 16.4. The number of nitrogens with two attached hydrogens (primary N) is 3. The number of benzene rings is 2. The van der Waals surface area contributed by atoms with Crippen molar-refractivity contribution >= 4 is 53.2 Å². The number of hydrogen-bond donors (Lipinski definition) is 12. The molecule has 362 valence electrons. The van der Waals surface area contributed by atoms with Crippen LogP contribution in [0.15, 0.2) is 54.6 Å². The van der Waals surface area contributed by atoms with E-state index in [1.54, 1.807) is 38.1 Å². The van der Waals surface area contributed by atoms with Gasteiger partial charge in [0.1, 0.15) is 36.0 Å². The van der Waals surface area contributed by atoms with Gasteiger partial charge in [-0.25, -0.2) is 4.79 Å². The number of carbonyl (C=O) groups excluding carboxylic acids is 8. The molecule has 2 aromatic rings. The summed E-state index contributed by atoms with van der Waals surface area (Å²) < 4.78 is 0. The summed E-state index contributed by atoms with van der Waals surface area (Å²) in [6.07, 6.45) is -0.883. The standard InChI is InChI=1S/C44H64N10O12/c1-24(2)36(52-35(58)23-48-38(59)29(46)20-26-10-5-4-6-11-26)42(63)51-32(22-34(47)57)43(64)54-19-9-13-33(54)41(62)49-30(12-7-8-18-45)39(60)50-31(21-27-14-16-28(56)17-15-27)40(61)53-37(25(3)55)44(65)66/h4-6,10-11,14-17,24-25,29-33,36-37,55-56H,7-9,12-13,18-23,45-46H2,1-3H3,(H2,47,57)(H,48,59)(H,49,62)(H,50,60)(H,51,63)(H,52,58)(H,53,61)(H,65,66)/t25-,29+,30+,31+,32+,33+,36+,37+/m1/s1. The fourth-order valence-electron chi connectivity index (χ4n) is 7.21. The number of amides is 8. The number of phenolic OH excluding ortho intramolecular Hbond substituents is 1. The molecule has 0 radical (unpaired) electrons. The summed E-state index contributed by atoms with van der Waals surface area (Å²) in [6.45, 7) is 4.16. The van der Waals surface area contributed by atoms with Gasteiger partial charge in [-0.05, 0) is 81.2 Å². The summed E-state index contributed by atoms with van der Waals surface area (Å²) in [5, 5.41) is 44.3. The van der Waals surface area contributed by atoms with Crippen molar-refractivity contribution in [2.75, 3.05) is 19.6 Å². The lowest BCUT2D eigenvalue weighted by Crippen LogP contribution is -2.60. The third kappa shape index (κ3) is 17.0. The van der Waals surface area contributed by atoms with Crippen LogP contribution in [-0.4, -0.2) is 141 Å². The van der Waals surface area contributed by atoms with Gasteiger partial charge in [0.05, 0.1) is 25.1 Å². The zero-order chi connectivity index (χ0) is 49.1. The molecule has 66 heavy (non-hydrogen) atoms. The molecule has 1 aliphatic rings. The van der Waals surface area contributed by atoms with E-state index in [1.165, 1.54) is 24.3 Å². The van der Waals surface area contributed by atoms with Gasteiger partial charge in [0.15, 0.2) is 6.04 Å². The van der Waals surface area contributed by atoms with Gasteiger partial charge in [0.2, 0.25) is 47.3 Å². The number of likely N-dealkylation sites (tertiary alicyclic amines) is 1. The van der Waals surface area contributed by atoms with Crippen LogP contribution in [0, 0.1) is 5.92 Å². The Morgan fingerprint density at radius 1 is 0.742 bits per heavy atom. The molecule has 8 atom stereocenters. The van der Waals surface area contributed by atoms with Crippen LogP contribution in [0.1, 0.15) is 70.4 Å². The molecule has 2 aromatic carbocycles. The second-order valence-electron chi connectivity index (χ2n) is 16.6. The Morgan fingerprint density at radius 2 is 1.36 bits per heavy atom. The molecule has 0 aliphatic carbocycles. The predicted molar refractivity (Wildman–Crippen MR) is 238 cm³/mol. The van der Waals surface area contributed by atoms with Gasteiger partial charge >= 0.3 is 5.97 Å². The predicted octanol–water partition coefficient (Wildman–Crippen LogP) is -2.84. The van der Waals surface area contributed by atoms with E-state index in [4.69, 9.17) is 17.2 Å². The average Bonchev–Trinajstić information content (AvgIpc) is 3.76. The molecule has 1 aliphatic heterocycles. The monoisotopic (exact) mass is 924 g/mol. The molecular weight excluding hydrogens is 861 g/mol. The molecule has 1 saturated heterocycles. The van der Waals surface area contributed by atoms with E-state index in [1.807, 2.05) is 6.07 Å². The second kappa shape index (κ2) is 26.3.